The van der Waals surface area contributed by atoms with Crippen LogP contribution in [0.25, 0.3) is 0 Å². The molecule has 0 radical (unpaired) electrons. The minimum Gasteiger partial charge on any atom is -0.488 e. The molecular weight excluding hydrogens is 425 g/mol. The molecule has 0 saturated heterocycles. The van der Waals surface area contributed by atoms with E-state index in [9.17, 15) is 4.79 Å². The zero-order valence-electron chi connectivity index (χ0n) is 16.8. The Bertz CT molecular complexity index is 891. The molecule has 0 spiro atoms. The van der Waals surface area contributed by atoms with Crippen molar-refractivity contribution in [2.24, 2.45) is 0 Å². The van der Waals surface area contributed by atoms with E-state index in [-0.39, 0.29) is 4.47 Å². The lowest BCUT2D eigenvalue weighted by atomic mass is 9.86. The molecule has 1 aliphatic heterocycles. The summed E-state index contributed by atoms with van der Waals surface area (Å²) in [6.45, 7) is 9.89. The number of hydrogen-bond donors (Lipinski definition) is 0. The standard InChI is InChI=1S/C22H25BrFNO3/c1-21(2,3)28-20(26)25-13-22(4,5)17-15(25)11-16(18(23)19(17)24)27-12-14-9-7-6-8-10-14/h6-11H,12-13H2,1-5H3. The van der Waals surface area contributed by atoms with Gasteiger partial charge in [-0.3, -0.25) is 4.90 Å². The van der Waals surface area contributed by atoms with Crippen LogP contribution in [0, 0.1) is 5.82 Å². The van der Waals surface area contributed by atoms with E-state index in [0.29, 0.717) is 30.2 Å². The summed E-state index contributed by atoms with van der Waals surface area (Å²) < 4.78 is 26.9. The number of benzene rings is 2. The molecule has 0 bridgehead atoms. The average Bonchev–Trinajstić information content (AvgIpc) is 2.87. The summed E-state index contributed by atoms with van der Waals surface area (Å²) in [6, 6.07) is 11.4. The third kappa shape index (κ3) is 4.17. The summed E-state index contributed by atoms with van der Waals surface area (Å²) >= 11 is 3.33. The van der Waals surface area contributed by atoms with Crippen LogP contribution in [0.2, 0.25) is 0 Å². The molecule has 28 heavy (non-hydrogen) atoms. The molecule has 6 heteroatoms. The normalized spacial score (nSPS) is 15.3. The highest BCUT2D eigenvalue weighted by molar-refractivity contribution is 9.10. The van der Waals surface area contributed by atoms with E-state index in [0.717, 1.165) is 5.56 Å². The minimum absolute atomic E-state index is 0.265. The number of hydrogen-bond acceptors (Lipinski definition) is 3. The number of fused-ring (bicyclic) bond motifs is 1. The molecule has 0 N–H and O–H groups in total. The summed E-state index contributed by atoms with van der Waals surface area (Å²) in [5, 5.41) is 0. The Kier molecular flexibility index (Phi) is 5.45. The van der Waals surface area contributed by atoms with Crippen LogP contribution < -0.4 is 9.64 Å². The largest absolute Gasteiger partial charge is 0.488 e. The van der Waals surface area contributed by atoms with Crippen molar-refractivity contribution >= 4 is 27.7 Å². The summed E-state index contributed by atoms with van der Waals surface area (Å²) in [4.78, 5) is 14.2. The van der Waals surface area contributed by atoms with E-state index < -0.39 is 22.9 Å². The lowest BCUT2D eigenvalue weighted by Gasteiger charge is -2.26. The topological polar surface area (TPSA) is 38.8 Å². The predicted molar refractivity (Wildman–Crippen MR) is 111 cm³/mol. The Morgan fingerprint density at radius 2 is 1.89 bits per heavy atom. The minimum atomic E-state index is -0.634. The van der Waals surface area contributed by atoms with Gasteiger partial charge in [0.15, 0.2) is 0 Å². The number of carbonyl (C=O) groups excluding carboxylic acids is 1. The summed E-state index contributed by atoms with van der Waals surface area (Å²) in [5.74, 6) is -0.0528. The first-order chi connectivity index (χ1) is 13.0. The molecule has 1 amide bonds. The third-order valence-corrected chi connectivity index (χ3v) is 5.26. The Morgan fingerprint density at radius 3 is 2.50 bits per heavy atom. The van der Waals surface area contributed by atoms with Crippen molar-refractivity contribution in [3.63, 3.8) is 0 Å². The van der Waals surface area contributed by atoms with Crippen LogP contribution in [-0.4, -0.2) is 18.2 Å². The molecule has 3 rings (SSSR count). The molecule has 150 valence electrons. The Labute approximate surface area is 173 Å². The second kappa shape index (κ2) is 7.39. The lowest BCUT2D eigenvalue weighted by molar-refractivity contribution is 0.0579. The Morgan fingerprint density at radius 1 is 1.25 bits per heavy atom. The van der Waals surface area contributed by atoms with E-state index in [1.54, 1.807) is 6.07 Å². The number of ether oxygens (including phenoxy) is 2. The highest BCUT2D eigenvalue weighted by Gasteiger charge is 2.43. The highest BCUT2D eigenvalue weighted by Crippen LogP contribution is 2.48. The van der Waals surface area contributed by atoms with Crippen molar-refractivity contribution in [2.45, 2.75) is 52.2 Å². The van der Waals surface area contributed by atoms with Gasteiger partial charge in [0.2, 0.25) is 0 Å². The fourth-order valence-electron chi connectivity index (χ4n) is 3.33. The molecule has 0 fully saturated rings. The second-order valence-corrected chi connectivity index (χ2v) is 9.41. The van der Waals surface area contributed by atoms with Gasteiger partial charge in [-0.2, -0.15) is 0 Å². The van der Waals surface area contributed by atoms with Crippen LogP contribution in [-0.2, 0) is 16.8 Å². The Hall–Kier alpha value is -2.08. The molecule has 1 heterocycles. The van der Waals surface area contributed by atoms with Crippen LogP contribution in [0.4, 0.5) is 14.9 Å². The first kappa shape index (κ1) is 20.6. The van der Waals surface area contributed by atoms with Gasteiger partial charge in [-0.15, -0.1) is 0 Å². The molecule has 2 aromatic carbocycles. The van der Waals surface area contributed by atoms with E-state index >= 15 is 4.39 Å². The maximum absolute atomic E-state index is 15.3. The molecule has 4 nitrogen and oxygen atoms in total. The second-order valence-electron chi connectivity index (χ2n) is 8.62. The van der Waals surface area contributed by atoms with Crippen LogP contribution in [0.1, 0.15) is 45.7 Å². The quantitative estimate of drug-likeness (QED) is 0.559. The van der Waals surface area contributed by atoms with Crippen molar-refractivity contribution < 1.29 is 18.7 Å². The number of carbonyl (C=O) groups is 1. The van der Waals surface area contributed by atoms with E-state index in [1.165, 1.54) is 4.90 Å². The third-order valence-electron chi connectivity index (χ3n) is 4.52. The number of anilines is 1. The van der Waals surface area contributed by atoms with Gasteiger partial charge in [-0.25, -0.2) is 9.18 Å². The molecule has 0 aliphatic carbocycles. The van der Waals surface area contributed by atoms with Crippen molar-refractivity contribution in [3.8, 4) is 5.75 Å². The molecule has 2 aromatic rings. The van der Waals surface area contributed by atoms with Gasteiger partial charge in [0.25, 0.3) is 0 Å². The van der Waals surface area contributed by atoms with E-state index in [1.807, 2.05) is 65.0 Å². The average molecular weight is 450 g/mol. The van der Waals surface area contributed by atoms with Crippen molar-refractivity contribution in [2.75, 3.05) is 11.4 Å². The van der Waals surface area contributed by atoms with Crippen LogP contribution >= 0.6 is 15.9 Å². The van der Waals surface area contributed by atoms with Crippen molar-refractivity contribution in [1.82, 2.24) is 0 Å². The summed E-state index contributed by atoms with van der Waals surface area (Å²) in [7, 11) is 0. The van der Waals surface area contributed by atoms with Crippen LogP contribution in [0.3, 0.4) is 0 Å². The van der Waals surface area contributed by atoms with Gasteiger partial charge in [0.05, 0.1) is 10.2 Å². The molecule has 1 aliphatic rings. The molecule has 0 unspecified atom stereocenters. The van der Waals surface area contributed by atoms with Gasteiger partial charge in [-0.05, 0) is 42.3 Å². The van der Waals surface area contributed by atoms with E-state index in [4.69, 9.17) is 9.47 Å². The SMILES string of the molecule is CC(C)(C)OC(=O)N1CC(C)(C)c2c1cc(OCc1ccccc1)c(Br)c2F. The zero-order valence-corrected chi connectivity index (χ0v) is 18.4. The van der Waals surface area contributed by atoms with E-state index in [2.05, 4.69) is 15.9 Å². The molecule has 0 saturated carbocycles. The smallest absolute Gasteiger partial charge is 0.414 e. The van der Waals surface area contributed by atoms with Crippen molar-refractivity contribution in [1.29, 1.82) is 0 Å². The van der Waals surface area contributed by atoms with Gasteiger partial charge in [0.1, 0.15) is 23.8 Å². The molecule has 0 atom stereocenters. The van der Waals surface area contributed by atoms with Gasteiger partial charge < -0.3 is 9.47 Å². The zero-order chi connectivity index (χ0) is 20.7. The summed E-state index contributed by atoms with van der Waals surface area (Å²) in [5.41, 5.74) is 0.765. The number of rotatable bonds is 3. The lowest BCUT2D eigenvalue weighted by Crippen LogP contribution is -2.38. The van der Waals surface area contributed by atoms with Gasteiger partial charge in [-0.1, -0.05) is 44.2 Å². The Balaban J connectivity index is 1.97. The van der Waals surface area contributed by atoms with Crippen molar-refractivity contribution in [3.05, 3.63) is 57.8 Å². The molecule has 0 aromatic heterocycles. The number of amides is 1. The fraction of sp³-hybridized carbons (Fsp3) is 0.409. The van der Waals surface area contributed by atoms with Gasteiger partial charge in [0, 0.05) is 23.6 Å². The van der Waals surface area contributed by atoms with Gasteiger partial charge >= 0.3 is 6.09 Å². The maximum atomic E-state index is 15.3. The number of nitrogens with zero attached hydrogens (tertiary/aromatic N) is 1. The predicted octanol–water partition coefficient (Wildman–Crippen LogP) is 6.20. The number of halogens is 2. The first-order valence-corrected chi connectivity index (χ1v) is 9.98. The summed E-state index contributed by atoms with van der Waals surface area (Å²) in [6.07, 6.45) is -0.491. The maximum Gasteiger partial charge on any atom is 0.414 e. The van der Waals surface area contributed by atoms with Crippen LogP contribution in [0.5, 0.6) is 5.75 Å². The monoisotopic (exact) mass is 449 g/mol. The highest BCUT2D eigenvalue weighted by atomic mass is 79.9. The van der Waals surface area contributed by atoms with Crippen LogP contribution in [0.15, 0.2) is 40.9 Å². The first-order valence-electron chi connectivity index (χ1n) is 9.19. The molecular formula is C22H25BrFNO3. The fourth-order valence-corrected chi connectivity index (χ4v) is 3.75.